The number of ether oxygens (including phenoxy) is 1. The Hall–Kier alpha value is -0.810. The number of hydrogen-bond donors (Lipinski definition) is 0. The monoisotopic (exact) mass is 288 g/mol. The number of carbonyl (C=O) groups excluding carboxylic acids is 2. The number of rotatable bonds is 4. The second kappa shape index (κ2) is 5.92. The lowest BCUT2D eigenvalue weighted by molar-refractivity contribution is -0.137. The highest BCUT2D eigenvalue weighted by Crippen LogP contribution is 2.24. The van der Waals surface area contributed by atoms with Crippen molar-refractivity contribution in [1.82, 2.24) is 0 Å². The fourth-order valence-corrected chi connectivity index (χ4v) is 2.15. The minimum Gasteiger partial charge on any atom is -0.468 e. The number of methoxy groups -OCH3 is 1. The van der Waals surface area contributed by atoms with Crippen LogP contribution in [0.2, 0.25) is 0 Å². The van der Waals surface area contributed by atoms with Gasteiger partial charge in [0.1, 0.15) is 0 Å². The third-order valence-corrected chi connectivity index (χ3v) is 3.23. The van der Waals surface area contributed by atoms with E-state index in [0.717, 1.165) is 15.7 Å². The van der Waals surface area contributed by atoms with Crippen molar-refractivity contribution < 1.29 is 14.3 Å². The molecule has 0 aromatic heterocycles. The van der Waals surface area contributed by atoms with E-state index >= 15 is 0 Å². The smallest absolute Gasteiger partial charge is 0.315 e. The highest BCUT2D eigenvalue weighted by Gasteiger charge is 2.06. The largest absolute Gasteiger partial charge is 0.468 e. The molecule has 0 fully saturated rings. The first-order valence-corrected chi connectivity index (χ1v) is 5.89. The van der Waals surface area contributed by atoms with E-state index in [1.807, 2.05) is 6.07 Å². The standard InChI is InChI=1S/C10H9BrO3S/c1-14-10(13)6-15-9-3-2-8(11)4-7(9)5-12/h2-5H,6H2,1H3. The van der Waals surface area contributed by atoms with Crippen LogP contribution in [0.25, 0.3) is 0 Å². The van der Waals surface area contributed by atoms with E-state index in [1.165, 1.54) is 18.9 Å². The lowest BCUT2D eigenvalue weighted by Crippen LogP contribution is -2.03. The normalized spacial score (nSPS) is 9.73. The first kappa shape index (κ1) is 12.3. The Morgan fingerprint density at radius 3 is 2.93 bits per heavy atom. The number of halogens is 1. The van der Waals surface area contributed by atoms with Crippen LogP contribution in [0.3, 0.4) is 0 Å². The summed E-state index contributed by atoms with van der Waals surface area (Å²) >= 11 is 4.56. The number of aldehydes is 1. The molecule has 0 saturated heterocycles. The highest BCUT2D eigenvalue weighted by atomic mass is 79.9. The van der Waals surface area contributed by atoms with Gasteiger partial charge < -0.3 is 4.74 Å². The van der Waals surface area contributed by atoms with Gasteiger partial charge in [-0.3, -0.25) is 9.59 Å². The van der Waals surface area contributed by atoms with Crippen LogP contribution in [0.1, 0.15) is 10.4 Å². The van der Waals surface area contributed by atoms with Crippen molar-refractivity contribution in [3.8, 4) is 0 Å². The van der Waals surface area contributed by atoms with Gasteiger partial charge in [0.05, 0.1) is 12.9 Å². The van der Waals surface area contributed by atoms with Crippen molar-refractivity contribution in [3.05, 3.63) is 28.2 Å². The van der Waals surface area contributed by atoms with Crippen LogP contribution < -0.4 is 0 Å². The van der Waals surface area contributed by atoms with Crippen LogP contribution in [0, 0.1) is 0 Å². The molecule has 0 aliphatic rings. The average Bonchev–Trinajstić information content (AvgIpc) is 2.26. The molecule has 0 aliphatic heterocycles. The van der Waals surface area contributed by atoms with E-state index in [1.54, 1.807) is 12.1 Å². The Balaban J connectivity index is 2.76. The van der Waals surface area contributed by atoms with E-state index in [2.05, 4.69) is 20.7 Å². The maximum Gasteiger partial charge on any atom is 0.315 e. The van der Waals surface area contributed by atoms with Crippen LogP contribution in [0.5, 0.6) is 0 Å². The van der Waals surface area contributed by atoms with Crippen molar-refractivity contribution in [1.29, 1.82) is 0 Å². The third-order valence-electron chi connectivity index (χ3n) is 1.67. The third kappa shape index (κ3) is 3.68. The summed E-state index contributed by atoms with van der Waals surface area (Å²) in [6, 6.07) is 5.33. The minimum absolute atomic E-state index is 0.207. The Labute approximate surface area is 100 Å². The summed E-state index contributed by atoms with van der Waals surface area (Å²) in [6.07, 6.45) is 0.768. The summed E-state index contributed by atoms with van der Waals surface area (Å²) in [5.41, 5.74) is 0.568. The molecule has 1 rings (SSSR count). The Morgan fingerprint density at radius 1 is 1.60 bits per heavy atom. The van der Waals surface area contributed by atoms with E-state index in [0.29, 0.717) is 5.56 Å². The summed E-state index contributed by atoms with van der Waals surface area (Å²) in [5, 5.41) is 0. The summed E-state index contributed by atoms with van der Waals surface area (Å²) in [4.78, 5) is 22.4. The molecule has 0 unspecified atom stereocenters. The number of thioether (sulfide) groups is 1. The zero-order valence-corrected chi connectivity index (χ0v) is 10.4. The van der Waals surface area contributed by atoms with Crippen LogP contribution in [0.4, 0.5) is 0 Å². The lowest BCUT2D eigenvalue weighted by atomic mass is 10.2. The lowest BCUT2D eigenvalue weighted by Gasteiger charge is -2.03. The molecule has 3 nitrogen and oxygen atoms in total. The fraction of sp³-hybridized carbons (Fsp3) is 0.200. The van der Waals surface area contributed by atoms with Gasteiger partial charge in [0.25, 0.3) is 0 Å². The molecule has 0 N–H and O–H groups in total. The highest BCUT2D eigenvalue weighted by molar-refractivity contribution is 9.10. The number of esters is 1. The summed E-state index contributed by atoms with van der Waals surface area (Å²) in [5.74, 6) is -0.0985. The van der Waals surface area contributed by atoms with Crippen LogP contribution in [-0.4, -0.2) is 25.1 Å². The summed E-state index contributed by atoms with van der Waals surface area (Å²) in [6.45, 7) is 0. The Morgan fingerprint density at radius 2 is 2.33 bits per heavy atom. The van der Waals surface area contributed by atoms with Gasteiger partial charge in [-0.05, 0) is 18.2 Å². The van der Waals surface area contributed by atoms with Crippen molar-refractivity contribution >= 4 is 39.9 Å². The SMILES string of the molecule is COC(=O)CSc1ccc(Br)cc1C=O. The van der Waals surface area contributed by atoms with Gasteiger partial charge in [-0.15, -0.1) is 11.8 Å². The van der Waals surface area contributed by atoms with Gasteiger partial charge in [-0.2, -0.15) is 0 Å². The molecule has 1 aromatic carbocycles. The molecule has 0 saturated carbocycles. The zero-order chi connectivity index (χ0) is 11.3. The molecular formula is C10H9BrO3S. The van der Waals surface area contributed by atoms with Crippen molar-refractivity contribution in [2.45, 2.75) is 4.90 Å². The van der Waals surface area contributed by atoms with Crippen molar-refractivity contribution in [3.63, 3.8) is 0 Å². The van der Waals surface area contributed by atoms with E-state index < -0.39 is 0 Å². The van der Waals surface area contributed by atoms with Gasteiger partial charge in [0.15, 0.2) is 6.29 Å². The van der Waals surface area contributed by atoms with Crippen molar-refractivity contribution in [2.24, 2.45) is 0 Å². The maximum absolute atomic E-state index is 10.9. The topological polar surface area (TPSA) is 43.4 Å². The molecule has 0 amide bonds. The molecule has 0 bridgehead atoms. The molecule has 0 spiro atoms. The van der Waals surface area contributed by atoms with Gasteiger partial charge in [0.2, 0.25) is 0 Å². The second-order valence-corrected chi connectivity index (χ2v) is 4.60. The maximum atomic E-state index is 10.9. The number of benzene rings is 1. The first-order chi connectivity index (χ1) is 7.17. The predicted octanol–water partition coefficient (Wildman–Crippen LogP) is 2.53. The fourth-order valence-electron chi connectivity index (χ4n) is 0.938. The molecule has 0 aliphatic carbocycles. The van der Waals surface area contributed by atoms with Gasteiger partial charge in [-0.1, -0.05) is 15.9 Å². The number of carbonyl (C=O) groups is 2. The molecule has 5 heteroatoms. The summed E-state index contributed by atoms with van der Waals surface area (Å²) < 4.78 is 5.35. The van der Waals surface area contributed by atoms with Crippen LogP contribution >= 0.6 is 27.7 Å². The van der Waals surface area contributed by atoms with Gasteiger partial charge in [-0.25, -0.2) is 0 Å². The van der Waals surface area contributed by atoms with Crippen LogP contribution in [0.15, 0.2) is 27.6 Å². The second-order valence-electron chi connectivity index (χ2n) is 2.66. The van der Waals surface area contributed by atoms with Crippen LogP contribution in [-0.2, 0) is 9.53 Å². The molecule has 15 heavy (non-hydrogen) atoms. The average molecular weight is 289 g/mol. The van der Waals surface area contributed by atoms with E-state index in [-0.39, 0.29) is 11.7 Å². The minimum atomic E-state index is -0.306. The number of hydrogen-bond acceptors (Lipinski definition) is 4. The van der Waals surface area contributed by atoms with Gasteiger partial charge >= 0.3 is 5.97 Å². The van der Waals surface area contributed by atoms with E-state index in [9.17, 15) is 9.59 Å². The first-order valence-electron chi connectivity index (χ1n) is 4.11. The Bertz CT molecular complexity index is 379. The Kier molecular flexibility index (Phi) is 4.84. The molecular weight excluding hydrogens is 280 g/mol. The molecule has 1 aromatic rings. The van der Waals surface area contributed by atoms with Crippen molar-refractivity contribution in [2.75, 3.05) is 12.9 Å². The molecule has 80 valence electrons. The predicted molar refractivity (Wildman–Crippen MR) is 62.3 cm³/mol. The van der Waals surface area contributed by atoms with E-state index in [4.69, 9.17) is 0 Å². The zero-order valence-electron chi connectivity index (χ0n) is 8.03. The molecule has 0 radical (unpaired) electrons. The van der Waals surface area contributed by atoms with Gasteiger partial charge in [0, 0.05) is 14.9 Å². The summed E-state index contributed by atoms with van der Waals surface area (Å²) in [7, 11) is 1.34. The molecule has 0 atom stereocenters. The molecule has 0 heterocycles. The quantitative estimate of drug-likeness (QED) is 0.485.